The van der Waals surface area contributed by atoms with Crippen molar-refractivity contribution in [2.45, 2.75) is 64.0 Å². The van der Waals surface area contributed by atoms with Crippen molar-refractivity contribution in [3.8, 4) is 0 Å². The molecule has 3 amide bonds. The fourth-order valence-electron chi connectivity index (χ4n) is 3.92. The van der Waals surface area contributed by atoms with Gasteiger partial charge in [-0.2, -0.15) is 4.37 Å². The number of anilines is 2. The average molecular weight is 478 g/mol. The topological polar surface area (TPSA) is 131 Å². The minimum atomic E-state index is -0.808. The maximum absolute atomic E-state index is 13.7. The van der Waals surface area contributed by atoms with Crippen LogP contribution < -0.4 is 21.7 Å². The third kappa shape index (κ3) is 5.39. The molecular weight excluding hydrogens is 450 g/mol. The smallest absolute Gasteiger partial charge is 0.272 e. The lowest BCUT2D eigenvalue weighted by atomic mass is 10.0. The maximum atomic E-state index is 13.7. The van der Waals surface area contributed by atoms with E-state index in [1.54, 1.807) is 24.3 Å². The quantitative estimate of drug-likeness (QED) is 0.506. The number of halogens is 1. The Kier molecular flexibility index (Phi) is 8.09. The molecule has 0 bridgehead atoms. The van der Waals surface area contributed by atoms with Gasteiger partial charge in [0.15, 0.2) is 5.69 Å². The molecule has 0 saturated heterocycles. The van der Waals surface area contributed by atoms with E-state index in [2.05, 4.69) is 9.69 Å². The minimum Gasteiger partial charge on any atom is -0.395 e. The molecule has 172 valence electrons. The van der Waals surface area contributed by atoms with Crippen molar-refractivity contribution in [3.63, 3.8) is 0 Å². The lowest BCUT2D eigenvalue weighted by Crippen LogP contribution is -2.51. The Labute approximate surface area is 196 Å². The summed E-state index contributed by atoms with van der Waals surface area (Å²) in [5, 5.41) is 3.63. The van der Waals surface area contributed by atoms with Crippen molar-refractivity contribution in [3.05, 3.63) is 39.9 Å². The fraction of sp³-hybridized carbons (Fsp3) is 0.455. The Morgan fingerprint density at radius 1 is 1.25 bits per heavy atom. The van der Waals surface area contributed by atoms with Gasteiger partial charge in [0.2, 0.25) is 5.91 Å². The maximum Gasteiger partial charge on any atom is 0.272 e. The van der Waals surface area contributed by atoms with Gasteiger partial charge in [-0.3, -0.25) is 19.3 Å². The first-order valence-corrected chi connectivity index (χ1v) is 11.9. The first kappa shape index (κ1) is 24.0. The number of nitrogens with two attached hydrogens (primary N) is 2. The second-order valence-electron chi connectivity index (χ2n) is 7.94. The summed E-state index contributed by atoms with van der Waals surface area (Å²) < 4.78 is 3.95. The number of carbonyl (C=O) groups excluding carboxylic acids is 3. The molecule has 1 atom stereocenters. The van der Waals surface area contributed by atoms with Crippen molar-refractivity contribution in [2.75, 3.05) is 10.6 Å². The van der Waals surface area contributed by atoms with Crippen LogP contribution >= 0.6 is 23.1 Å². The van der Waals surface area contributed by atoms with Gasteiger partial charge in [0.05, 0.1) is 5.69 Å². The zero-order valence-electron chi connectivity index (χ0n) is 18.0. The summed E-state index contributed by atoms with van der Waals surface area (Å²) >= 11 is 6.85. The number of hydrogen-bond donors (Lipinski definition) is 3. The van der Waals surface area contributed by atoms with Gasteiger partial charge in [-0.15, -0.1) is 0 Å². The minimum absolute atomic E-state index is 0.0723. The van der Waals surface area contributed by atoms with Crippen molar-refractivity contribution in [1.29, 1.82) is 0 Å². The van der Waals surface area contributed by atoms with Gasteiger partial charge in [-0.05, 0) is 55.1 Å². The molecule has 0 radical (unpaired) electrons. The zero-order chi connectivity index (χ0) is 23.3. The molecular formula is C22H28ClN5O3S. The van der Waals surface area contributed by atoms with E-state index in [0.29, 0.717) is 17.1 Å². The number of hydrogen-bond acceptors (Lipinski definition) is 6. The average Bonchev–Trinajstić information content (AvgIpc) is 3.41. The third-order valence-corrected chi connectivity index (χ3v) is 6.73. The molecule has 1 fully saturated rings. The Morgan fingerprint density at radius 2 is 1.91 bits per heavy atom. The molecule has 0 aliphatic heterocycles. The number of nitrogen functional groups attached to an aromatic ring is 1. The number of amides is 3. The lowest BCUT2D eigenvalue weighted by molar-refractivity contribution is -0.123. The van der Waals surface area contributed by atoms with Gasteiger partial charge in [0.25, 0.3) is 11.8 Å². The van der Waals surface area contributed by atoms with E-state index in [-0.39, 0.29) is 28.2 Å². The van der Waals surface area contributed by atoms with Crippen LogP contribution in [0.5, 0.6) is 0 Å². The highest BCUT2D eigenvalue weighted by Gasteiger charge is 2.35. The molecule has 1 saturated carbocycles. The van der Waals surface area contributed by atoms with Crippen LogP contribution in [0.1, 0.15) is 72.0 Å². The van der Waals surface area contributed by atoms with Gasteiger partial charge in [0, 0.05) is 16.8 Å². The summed E-state index contributed by atoms with van der Waals surface area (Å²) in [5.41, 5.74) is 11.6. The van der Waals surface area contributed by atoms with Crippen LogP contribution in [-0.2, 0) is 4.79 Å². The van der Waals surface area contributed by atoms with Crippen LogP contribution in [0.15, 0.2) is 24.3 Å². The van der Waals surface area contributed by atoms with E-state index >= 15 is 0 Å². The van der Waals surface area contributed by atoms with Crippen molar-refractivity contribution in [2.24, 2.45) is 5.73 Å². The molecule has 1 aliphatic rings. The predicted molar refractivity (Wildman–Crippen MR) is 127 cm³/mol. The number of aromatic nitrogens is 1. The van der Waals surface area contributed by atoms with E-state index in [1.807, 2.05) is 6.92 Å². The number of rotatable bonds is 9. The largest absolute Gasteiger partial charge is 0.395 e. The third-order valence-electron chi connectivity index (χ3n) is 5.63. The SMILES string of the molecule is CCCCC(C(=O)NC1CCCC1)N(C(=O)c1snc(C(N)=O)c1N)c1ccc(Cl)cc1. The van der Waals surface area contributed by atoms with Crippen LogP contribution in [-0.4, -0.2) is 34.2 Å². The molecule has 3 rings (SSSR count). The van der Waals surface area contributed by atoms with E-state index in [0.717, 1.165) is 50.1 Å². The highest BCUT2D eigenvalue weighted by atomic mass is 35.5. The molecule has 32 heavy (non-hydrogen) atoms. The Hall–Kier alpha value is -2.65. The van der Waals surface area contributed by atoms with Crippen LogP contribution in [0.25, 0.3) is 0 Å². The number of primary amides is 1. The molecule has 1 aromatic carbocycles. The van der Waals surface area contributed by atoms with E-state index in [4.69, 9.17) is 23.1 Å². The second kappa shape index (κ2) is 10.8. The monoisotopic (exact) mass is 477 g/mol. The van der Waals surface area contributed by atoms with Crippen LogP contribution in [0, 0.1) is 0 Å². The highest BCUT2D eigenvalue weighted by Crippen LogP contribution is 2.30. The number of unbranched alkanes of at least 4 members (excludes halogenated alkanes) is 1. The summed E-state index contributed by atoms with van der Waals surface area (Å²) in [6.45, 7) is 2.03. The van der Waals surface area contributed by atoms with Gasteiger partial charge in [-0.25, -0.2) is 0 Å². The van der Waals surface area contributed by atoms with Gasteiger partial charge >= 0.3 is 0 Å². The van der Waals surface area contributed by atoms with Crippen LogP contribution in [0.3, 0.4) is 0 Å². The zero-order valence-corrected chi connectivity index (χ0v) is 19.5. The summed E-state index contributed by atoms with van der Waals surface area (Å²) in [7, 11) is 0. The number of carbonyl (C=O) groups is 3. The van der Waals surface area contributed by atoms with Crippen molar-refractivity contribution >= 4 is 52.2 Å². The standard InChI is InChI=1S/C22H28ClN5O3S/c1-2-3-8-16(21(30)26-14-6-4-5-7-14)28(15-11-9-13(23)10-12-15)22(31)19-17(24)18(20(25)29)27-32-19/h9-12,14,16H,2-8,24H2,1H3,(H2,25,29)(H,26,30). The molecule has 1 aromatic heterocycles. The molecule has 10 heteroatoms. The molecule has 2 aromatic rings. The van der Waals surface area contributed by atoms with Crippen LogP contribution in [0.4, 0.5) is 11.4 Å². The Morgan fingerprint density at radius 3 is 2.47 bits per heavy atom. The summed E-state index contributed by atoms with van der Waals surface area (Å²) in [5.74, 6) is -1.51. The van der Waals surface area contributed by atoms with E-state index in [9.17, 15) is 14.4 Å². The first-order chi connectivity index (χ1) is 15.3. The molecule has 5 N–H and O–H groups in total. The number of nitrogens with one attached hydrogen (secondary N) is 1. The first-order valence-electron chi connectivity index (χ1n) is 10.8. The van der Waals surface area contributed by atoms with Gasteiger partial charge < -0.3 is 16.8 Å². The molecule has 8 nitrogen and oxygen atoms in total. The summed E-state index contributed by atoms with van der Waals surface area (Å²) in [6, 6.07) is 6.07. The number of benzene rings is 1. The predicted octanol–water partition coefficient (Wildman–Crippen LogP) is 3.74. The van der Waals surface area contributed by atoms with E-state index in [1.165, 1.54) is 4.90 Å². The molecule has 0 spiro atoms. The number of nitrogens with zero attached hydrogens (tertiary/aromatic N) is 2. The van der Waals surface area contributed by atoms with Crippen molar-refractivity contribution < 1.29 is 14.4 Å². The molecule has 1 aliphatic carbocycles. The van der Waals surface area contributed by atoms with Crippen LogP contribution in [0.2, 0.25) is 5.02 Å². The highest BCUT2D eigenvalue weighted by molar-refractivity contribution is 7.09. The Bertz CT molecular complexity index is 972. The van der Waals surface area contributed by atoms with Crippen molar-refractivity contribution in [1.82, 2.24) is 9.69 Å². The van der Waals surface area contributed by atoms with Gasteiger partial charge in [0.1, 0.15) is 10.9 Å². The normalized spacial score (nSPS) is 14.8. The van der Waals surface area contributed by atoms with E-state index < -0.39 is 17.9 Å². The summed E-state index contributed by atoms with van der Waals surface area (Å²) in [4.78, 5) is 40.2. The molecule has 1 unspecified atom stereocenters. The molecule has 1 heterocycles. The Balaban J connectivity index is 2.02. The summed E-state index contributed by atoms with van der Waals surface area (Å²) in [6.07, 6.45) is 6.13. The second-order valence-corrected chi connectivity index (χ2v) is 9.15. The lowest BCUT2D eigenvalue weighted by Gasteiger charge is -2.32. The van der Waals surface area contributed by atoms with Gasteiger partial charge in [-0.1, -0.05) is 44.2 Å². The fourth-order valence-corrected chi connectivity index (χ4v) is 4.79.